The van der Waals surface area contributed by atoms with E-state index in [4.69, 9.17) is 5.73 Å². The smallest absolute Gasteiger partial charge is 0.326 e. The number of piperidine rings is 1. The fourth-order valence-electron chi connectivity index (χ4n) is 7.07. The van der Waals surface area contributed by atoms with Crippen LogP contribution in [0.1, 0.15) is 50.1 Å². The molecule has 0 bridgehead atoms. The van der Waals surface area contributed by atoms with Gasteiger partial charge in [0.2, 0.25) is 5.91 Å². The Morgan fingerprint density at radius 2 is 1.67 bits per heavy atom. The Morgan fingerprint density at radius 3 is 2.51 bits per heavy atom. The van der Waals surface area contributed by atoms with Crippen LogP contribution in [0.25, 0.3) is 21.8 Å². The molecule has 1 aromatic heterocycles. The van der Waals surface area contributed by atoms with Crippen molar-refractivity contribution in [3.05, 3.63) is 82.8 Å². The monoisotopic (exact) mass is 582 g/mol. The zero-order chi connectivity index (χ0) is 29.8. The minimum Gasteiger partial charge on any atom is -0.354 e. The van der Waals surface area contributed by atoms with E-state index in [9.17, 15) is 14.4 Å². The molecule has 2 fully saturated rings. The highest BCUT2D eigenvalue weighted by atomic mass is 16.2. The summed E-state index contributed by atoms with van der Waals surface area (Å²) in [6, 6.07) is 21.0. The molecule has 1 aliphatic heterocycles. The summed E-state index contributed by atoms with van der Waals surface area (Å²) < 4.78 is 1.82. The number of carbonyl (C=O) groups is 2. The Hall–Kier alpha value is -4.11. The van der Waals surface area contributed by atoms with E-state index >= 15 is 0 Å². The highest BCUT2D eigenvalue weighted by Gasteiger charge is 2.30. The highest BCUT2D eigenvalue weighted by Crippen LogP contribution is 2.28. The number of aromatic amines is 1. The molecule has 5 N–H and O–H groups in total. The molecule has 2 aliphatic rings. The first-order chi connectivity index (χ1) is 21.0. The van der Waals surface area contributed by atoms with E-state index < -0.39 is 6.04 Å². The molecule has 1 unspecified atom stereocenters. The second-order valence-electron chi connectivity index (χ2n) is 12.3. The average molecular weight is 583 g/mol. The largest absolute Gasteiger partial charge is 0.354 e. The van der Waals surface area contributed by atoms with Crippen LogP contribution in [0.5, 0.6) is 0 Å². The van der Waals surface area contributed by atoms with Gasteiger partial charge in [-0.1, -0.05) is 61.0 Å². The van der Waals surface area contributed by atoms with Crippen molar-refractivity contribution < 1.29 is 9.59 Å². The summed E-state index contributed by atoms with van der Waals surface area (Å²) in [7, 11) is 0. The molecule has 1 aliphatic carbocycles. The summed E-state index contributed by atoms with van der Waals surface area (Å²) in [6.07, 6.45) is 6.15. The molecule has 4 aromatic rings. The molecule has 3 amide bonds. The van der Waals surface area contributed by atoms with Gasteiger partial charge < -0.3 is 26.3 Å². The Bertz CT molecular complexity index is 1630. The van der Waals surface area contributed by atoms with Gasteiger partial charge in [0.05, 0.1) is 11.0 Å². The zero-order valence-electron chi connectivity index (χ0n) is 24.6. The van der Waals surface area contributed by atoms with E-state index in [1.807, 2.05) is 53.1 Å². The lowest BCUT2D eigenvalue weighted by atomic mass is 9.81. The van der Waals surface area contributed by atoms with E-state index in [-0.39, 0.29) is 23.7 Å². The number of carbonyl (C=O) groups excluding carboxylic acids is 2. The molecular weight excluding hydrogens is 540 g/mol. The zero-order valence-corrected chi connectivity index (χ0v) is 24.6. The minimum atomic E-state index is -0.707. The van der Waals surface area contributed by atoms with E-state index in [2.05, 4.69) is 33.8 Å². The number of amides is 3. The fraction of sp³-hybridized carbons (Fsp3) is 0.441. The molecule has 3 aromatic carbocycles. The van der Waals surface area contributed by atoms with Gasteiger partial charge in [-0.25, -0.2) is 9.59 Å². The minimum absolute atomic E-state index is 0.00955. The highest BCUT2D eigenvalue weighted by molar-refractivity contribution is 5.90. The second-order valence-corrected chi connectivity index (χ2v) is 12.3. The number of imidazole rings is 1. The van der Waals surface area contributed by atoms with Crippen LogP contribution in [0.3, 0.4) is 0 Å². The van der Waals surface area contributed by atoms with Gasteiger partial charge in [-0.05, 0) is 79.0 Å². The normalized spacial score (nSPS) is 20.3. The third kappa shape index (κ3) is 6.46. The molecule has 2 heterocycles. The van der Waals surface area contributed by atoms with Gasteiger partial charge in [0.1, 0.15) is 6.04 Å². The number of nitrogens with two attached hydrogens (primary N) is 1. The summed E-state index contributed by atoms with van der Waals surface area (Å²) in [6.45, 7) is 2.30. The number of hydrogen-bond acceptors (Lipinski definition) is 4. The molecule has 1 saturated heterocycles. The summed E-state index contributed by atoms with van der Waals surface area (Å²) in [4.78, 5) is 44.7. The SMILES string of the molecule is NC[C@H]1CCCC(CNC(=O)[C@@H](Cc2cccc3ccccc23)NC(=O)N2CCC(n3c(=O)[nH]c4ccccc43)CC2)C1. The maximum atomic E-state index is 13.7. The van der Waals surface area contributed by atoms with E-state index in [0.717, 1.165) is 53.1 Å². The summed E-state index contributed by atoms with van der Waals surface area (Å²) in [5, 5.41) is 8.44. The van der Waals surface area contributed by atoms with Gasteiger partial charge in [0, 0.05) is 32.1 Å². The van der Waals surface area contributed by atoms with Gasteiger partial charge in [-0.15, -0.1) is 0 Å². The predicted molar refractivity (Wildman–Crippen MR) is 170 cm³/mol. The van der Waals surface area contributed by atoms with Crippen molar-refractivity contribution in [1.82, 2.24) is 25.1 Å². The van der Waals surface area contributed by atoms with Gasteiger partial charge >= 0.3 is 11.7 Å². The standard InChI is InChI=1S/C34H42N6O3/c35-21-23-7-5-8-24(19-23)22-36-32(41)30(20-26-11-6-10-25-9-1-2-12-28(25)26)38-33(42)39-17-15-27(16-18-39)40-31-14-4-3-13-29(31)37-34(40)43/h1-4,6,9-14,23-24,27,30H,5,7-8,15-22,35H2,(H,36,41)(H,37,43)(H,38,42)/t23-,24?,30+/m0/s1. The first-order valence-corrected chi connectivity index (χ1v) is 15.7. The fourth-order valence-corrected chi connectivity index (χ4v) is 7.07. The van der Waals surface area contributed by atoms with Crippen LogP contribution in [0.4, 0.5) is 4.79 Å². The number of likely N-dealkylation sites (tertiary alicyclic amines) is 1. The van der Waals surface area contributed by atoms with Crippen LogP contribution >= 0.6 is 0 Å². The van der Waals surface area contributed by atoms with Crippen molar-refractivity contribution >= 4 is 33.7 Å². The van der Waals surface area contributed by atoms with Gasteiger partial charge in [0.25, 0.3) is 0 Å². The van der Waals surface area contributed by atoms with Crippen LogP contribution in [-0.2, 0) is 11.2 Å². The van der Waals surface area contributed by atoms with Gasteiger partial charge in [-0.3, -0.25) is 9.36 Å². The molecule has 0 spiro atoms. The molecule has 9 nitrogen and oxygen atoms in total. The Labute approximate surface area is 251 Å². The molecule has 43 heavy (non-hydrogen) atoms. The molecule has 1 saturated carbocycles. The molecule has 3 atom stereocenters. The van der Waals surface area contributed by atoms with E-state index in [0.29, 0.717) is 57.3 Å². The van der Waals surface area contributed by atoms with E-state index in [1.54, 1.807) is 4.90 Å². The Kier molecular flexibility index (Phi) is 8.79. The lowest BCUT2D eigenvalue weighted by molar-refractivity contribution is -0.123. The number of nitrogens with one attached hydrogen (secondary N) is 3. The van der Waals surface area contributed by atoms with Crippen LogP contribution in [0.15, 0.2) is 71.5 Å². The molecule has 0 radical (unpaired) electrons. The number of H-pyrrole nitrogens is 1. The average Bonchev–Trinajstić information content (AvgIpc) is 3.39. The lowest BCUT2D eigenvalue weighted by Gasteiger charge is -2.34. The Morgan fingerprint density at radius 1 is 0.930 bits per heavy atom. The van der Waals surface area contributed by atoms with Crippen molar-refractivity contribution in [2.45, 2.75) is 57.0 Å². The third-order valence-corrected chi connectivity index (χ3v) is 9.45. The maximum Gasteiger partial charge on any atom is 0.326 e. The van der Waals surface area contributed by atoms with E-state index in [1.165, 1.54) is 0 Å². The van der Waals surface area contributed by atoms with Crippen molar-refractivity contribution in [2.24, 2.45) is 17.6 Å². The number of fused-ring (bicyclic) bond motifs is 2. The number of urea groups is 1. The number of aromatic nitrogens is 2. The molecule has 226 valence electrons. The second kappa shape index (κ2) is 13.0. The van der Waals surface area contributed by atoms with Crippen molar-refractivity contribution in [3.63, 3.8) is 0 Å². The van der Waals surface area contributed by atoms with Crippen LogP contribution in [-0.4, -0.2) is 58.6 Å². The number of benzene rings is 3. The van der Waals surface area contributed by atoms with Gasteiger partial charge in [-0.2, -0.15) is 0 Å². The lowest BCUT2D eigenvalue weighted by Crippen LogP contribution is -2.54. The summed E-state index contributed by atoms with van der Waals surface area (Å²) >= 11 is 0. The van der Waals surface area contributed by atoms with Crippen molar-refractivity contribution in [3.8, 4) is 0 Å². The third-order valence-electron chi connectivity index (χ3n) is 9.45. The number of nitrogens with zero attached hydrogens (tertiary/aromatic N) is 2. The quantitative estimate of drug-likeness (QED) is 0.247. The van der Waals surface area contributed by atoms with Crippen LogP contribution in [0, 0.1) is 11.8 Å². The van der Waals surface area contributed by atoms with Gasteiger partial charge in [0.15, 0.2) is 0 Å². The topological polar surface area (TPSA) is 125 Å². The van der Waals surface area contributed by atoms with Crippen molar-refractivity contribution in [2.75, 3.05) is 26.2 Å². The summed E-state index contributed by atoms with van der Waals surface area (Å²) in [5.41, 5.74) is 8.55. The maximum absolute atomic E-state index is 13.7. The first-order valence-electron chi connectivity index (χ1n) is 15.7. The number of para-hydroxylation sites is 2. The number of hydrogen-bond donors (Lipinski definition) is 4. The predicted octanol–water partition coefficient (Wildman–Crippen LogP) is 4.32. The van der Waals surface area contributed by atoms with Crippen LogP contribution in [0.2, 0.25) is 0 Å². The van der Waals surface area contributed by atoms with Crippen molar-refractivity contribution in [1.29, 1.82) is 0 Å². The summed E-state index contributed by atoms with van der Waals surface area (Å²) in [5.74, 6) is 0.772. The molecular formula is C34H42N6O3. The van der Waals surface area contributed by atoms with Crippen LogP contribution < -0.4 is 22.1 Å². The first kappa shape index (κ1) is 29.0. The molecule has 9 heteroatoms. The number of rotatable bonds is 8. The molecule has 6 rings (SSSR count). The Balaban J connectivity index is 1.14.